The van der Waals surface area contributed by atoms with Crippen LogP contribution in [-0.4, -0.2) is 4.57 Å². The van der Waals surface area contributed by atoms with E-state index in [0.29, 0.717) is 0 Å². The SMILES string of the molecule is CCC1(C)c2cccc3c4cccc(C)c4[n+]4c5ccc(C)cc5n(c4c23)C1(C)CC. The maximum absolute atomic E-state index is 2.71. The van der Waals surface area contributed by atoms with Crippen LogP contribution in [0.1, 0.15) is 57.2 Å². The van der Waals surface area contributed by atoms with Gasteiger partial charge in [-0.3, -0.25) is 0 Å². The highest BCUT2D eigenvalue weighted by Crippen LogP contribution is 2.53. The monoisotopic (exact) mass is 407 g/mol. The van der Waals surface area contributed by atoms with Gasteiger partial charge in [0.1, 0.15) is 11.1 Å². The minimum absolute atomic E-state index is 0.0137. The van der Waals surface area contributed by atoms with Gasteiger partial charge >= 0.3 is 0 Å². The van der Waals surface area contributed by atoms with Crippen LogP contribution in [0.25, 0.3) is 38.4 Å². The molecule has 1 aliphatic heterocycles. The lowest BCUT2D eigenvalue weighted by molar-refractivity contribution is -0.450. The Morgan fingerprint density at radius 3 is 2.35 bits per heavy atom. The number of para-hydroxylation sites is 1. The summed E-state index contributed by atoms with van der Waals surface area (Å²) in [6.07, 6.45) is 2.20. The van der Waals surface area contributed by atoms with Gasteiger partial charge in [0.2, 0.25) is 0 Å². The quantitative estimate of drug-likeness (QED) is 0.218. The van der Waals surface area contributed by atoms with Crippen LogP contribution in [0.4, 0.5) is 0 Å². The molecular formula is C29H31N2+. The molecule has 2 nitrogen and oxygen atoms in total. The summed E-state index contributed by atoms with van der Waals surface area (Å²) in [5.41, 5.74) is 9.57. The fraction of sp³-hybridized carbons (Fsp3) is 0.345. The van der Waals surface area contributed by atoms with Gasteiger partial charge in [0.05, 0.1) is 5.39 Å². The molecular weight excluding hydrogens is 376 g/mol. The number of nitrogens with zero attached hydrogens (tertiary/aromatic N) is 2. The molecule has 2 aromatic heterocycles. The summed E-state index contributed by atoms with van der Waals surface area (Å²) in [7, 11) is 0. The second-order valence-corrected chi connectivity index (χ2v) is 10.00. The molecule has 0 fully saturated rings. The van der Waals surface area contributed by atoms with Crippen molar-refractivity contribution in [2.75, 3.05) is 0 Å². The van der Waals surface area contributed by atoms with Crippen LogP contribution in [0.5, 0.6) is 0 Å². The number of fused-ring (bicyclic) bond motifs is 6. The lowest BCUT2D eigenvalue weighted by Crippen LogP contribution is -2.51. The minimum atomic E-state index is -0.0137. The van der Waals surface area contributed by atoms with Gasteiger partial charge in [0.25, 0.3) is 5.65 Å². The number of rotatable bonds is 2. The van der Waals surface area contributed by atoms with Crippen molar-refractivity contribution >= 4 is 38.4 Å². The topological polar surface area (TPSA) is 9.03 Å². The van der Waals surface area contributed by atoms with E-state index in [-0.39, 0.29) is 11.0 Å². The van der Waals surface area contributed by atoms with E-state index in [9.17, 15) is 0 Å². The van der Waals surface area contributed by atoms with E-state index in [0.717, 1.165) is 12.8 Å². The molecule has 0 radical (unpaired) electrons. The molecule has 0 amide bonds. The highest BCUT2D eigenvalue weighted by atomic mass is 15.2. The second-order valence-electron chi connectivity index (χ2n) is 10.00. The third-order valence-electron chi connectivity index (χ3n) is 8.75. The molecule has 0 aliphatic carbocycles. The standard InChI is InChI=1S/C29H31N2/c1-7-28(5)22-14-10-12-20-21-13-9-11-19(4)26(21)30-23-16-15-18(3)17-24(23)31(27(30)25(20)22)29(28,6)8-2/h9-17H,7-8H2,1-6H3/q+1. The molecule has 2 heteroatoms. The van der Waals surface area contributed by atoms with Crippen LogP contribution >= 0.6 is 0 Å². The number of hydrogen-bond acceptors (Lipinski definition) is 0. The van der Waals surface area contributed by atoms with Gasteiger partial charge in [-0.2, -0.15) is 4.40 Å². The van der Waals surface area contributed by atoms with Crippen molar-refractivity contribution in [3.05, 3.63) is 71.3 Å². The molecule has 5 aromatic rings. The Balaban J connectivity index is 2.09. The molecule has 0 N–H and O–H groups in total. The Morgan fingerprint density at radius 1 is 0.871 bits per heavy atom. The van der Waals surface area contributed by atoms with Crippen LogP contribution in [0.15, 0.2) is 54.6 Å². The van der Waals surface area contributed by atoms with E-state index in [1.807, 2.05) is 0 Å². The maximum Gasteiger partial charge on any atom is 0.296 e. The van der Waals surface area contributed by atoms with E-state index in [2.05, 4.69) is 105 Å². The Labute approximate surface area is 184 Å². The smallest absolute Gasteiger partial charge is 0.216 e. The number of pyridine rings is 1. The summed E-state index contributed by atoms with van der Waals surface area (Å²) in [6.45, 7) is 14.2. The summed E-state index contributed by atoms with van der Waals surface area (Å²) in [5, 5.41) is 4.17. The second kappa shape index (κ2) is 5.88. The van der Waals surface area contributed by atoms with Crippen molar-refractivity contribution in [2.24, 2.45) is 0 Å². The van der Waals surface area contributed by atoms with Gasteiger partial charge in [-0.1, -0.05) is 63.2 Å². The van der Waals surface area contributed by atoms with Crippen molar-refractivity contribution < 1.29 is 4.40 Å². The third kappa shape index (κ3) is 1.98. The first-order chi connectivity index (χ1) is 14.9. The third-order valence-corrected chi connectivity index (χ3v) is 8.75. The van der Waals surface area contributed by atoms with Gasteiger partial charge in [0.15, 0.2) is 11.0 Å². The van der Waals surface area contributed by atoms with Crippen LogP contribution in [0.2, 0.25) is 0 Å². The number of benzene rings is 3. The van der Waals surface area contributed by atoms with Crippen LogP contribution in [-0.2, 0) is 11.0 Å². The lowest BCUT2D eigenvalue weighted by atomic mass is 9.61. The summed E-state index contributed by atoms with van der Waals surface area (Å²) in [4.78, 5) is 0. The number of imidazole rings is 1. The van der Waals surface area contributed by atoms with Crippen LogP contribution in [0, 0.1) is 13.8 Å². The number of aromatic nitrogens is 2. The molecule has 0 saturated carbocycles. The van der Waals surface area contributed by atoms with Gasteiger partial charge in [0, 0.05) is 16.2 Å². The zero-order valence-electron chi connectivity index (χ0n) is 19.5. The van der Waals surface area contributed by atoms with E-state index >= 15 is 0 Å². The molecule has 0 bridgehead atoms. The zero-order chi connectivity index (χ0) is 21.7. The van der Waals surface area contributed by atoms with Crippen LogP contribution in [0.3, 0.4) is 0 Å². The molecule has 0 spiro atoms. The first-order valence-corrected chi connectivity index (χ1v) is 11.7. The van der Waals surface area contributed by atoms with Crippen molar-refractivity contribution in [3.8, 4) is 0 Å². The fourth-order valence-corrected chi connectivity index (χ4v) is 6.59. The lowest BCUT2D eigenvalue weighted by Gasteiger charge is -2.47. The average Bonchev–Trinajstić information content (AvgIpc) is 3.12. The van der Waals surface area contributed by atoms with E-state index in [4.69, 9.17) is 0 Å². The summed E-state index contributed by atoms with van der Waals surface area (Å²) >= 11 is 0. The Kier molecular flexibility index (Phi) is 3.58. The zero-order valence-corrected chi connectivity index (χ0v) is 19.5. The first kappa shape index (κ1) is 18.9. The summed E-state index contributed by atoms with van der Waals surface area (Å²) in [5.74, 6) is 0. The molecule has 3 aromatic carbocycles. The highest BCUT2D eigenvalue weighted by molar-refractivity contribution is 6.13. The Bertz CT molecular complexity index is 1550. The predicted molar refractivity (Wildman–Crippen MR) is 131 cm³/mol. The van der Waals surface area contributed by atoms with Gasteiger partial charge < -0.3 is 0 Å². The van der Waals surface area contributed by atoms with Crippen LogP contribution < -0.4 is 4.40 Å². The Hall–Kier alpha value is -2.87. The van der Waals surface area contributed by atoms with E-state index in [1.165, 1.54) is 55.0 Å². The number of aryl methyl sites for hydroxylation is 2. The van der Waals surface area contributed by atoms with Crippen molar-refractivity contribution in [1.29, 1.82) is 0 Å². The molecule has 2 unspecified atom stereocenters. The average molecular weight is 408 g/mol. The van der Waals surface area contributed by atoms with Crippen molar-refractivity contribution in [2.45, 2.75) is 65.3 Å². The van der Waals surface area contributed by atoms with Crippen molar-refractivity contribution in [1.82, 2.24) is 4.57 Å². The van der Waals surface area contributed by atoms with Crippen molar-refractivity contribution in [3.63, 3.8) is 0 Å². The van der Waals surface area contributed by atoms with Gasteiger partial charge in [-0.25, -0.2) is 4.57 Å². The first-order valence-electron chi connectivity index (χ1n) is 11.7. The molecule has 6 rings (SSSR count). The van der Waals surface area contributed by atoms with E-state index in [1.54, 1.807) is 0 Å². The molecule has 1 aliphatic rings. The fourth-order valence-electron chi connectivity index (χ4n) is 6.59. The Morgan fingerprint density at radius 2 is 1.61 bits per heavy atom. The molecule has 31 heavy (non-hydrogen) atoms. The normalized spacial score (nSPS) is 23.0. The maximum atomic E-state index is 2.71. The molecule has 3 heterocycles. The number of hydrogen-bond donors (Lipinski definition) is 0. The van der Waals surface area contributed by atoms with Gasteiger partial charge in [-0.15, -0.1) is 0 Å². The molecule has 0 saturated heterocycles. The molecule has 2 atom stereocenters. The summed E-state index contributed by atoms with van der Waals surface area (Å²) in [6, 6.07) is 20.8. The highest BCUT2D eigenvalue weighted by Gasteiger charge is 2.54. The van der Waals surface area contributed by atoms with Gasteiger partial charge in [-0.05, 0) is 62.4 Å². The molecule has 156 valence electrons. The minimum Gasteiger partial charge on any atom is -0.216 e. The van der Waals surface area contributed by atoms with E-state index < -0.39 is 0 Å². The predicted octanol–water partition coefficient (Wildman–Crippen LogP) is 7.11. The largest absolute Gasteiger partial charge is 0.296 e. The summed E-state index contributed by atoms with van der Waals surface area (Å²) < 4.78 is 5.27.